The van der Waals surface area contributed by atoms with Gasteiger partial charge in [0.1, 0.15) is 6.04 Å². The van der Waals surface area contributed by atoms with Crippen molar-refractivity contribution < 1.29 is 14.7 Å². The van der Waals surface area contributed by atoms with Gasteiger partial charge < -0.3 is 10.4 Å². The van der Waals surface area contributed by atoms with Gasteiger partial charge in [-0.25, -0.2) is 9.78 Å². The fourth-order valence-electron chi connectivity index (χ4n) is 3.70. The summed E-state index contributed by atoms with van der Waals surface area (Å²) in [6, 6.07) is 14.0. The van der Waals surface area contributed by atoms with E-state index in [1.165, 1.54) is 19.3 Å². The predicted octanol–water partition coefficient (Wildman–Crippen LogP) is 5.32. The zero-order valence-electron chi connectivity index (χ0n) is 16.9. The number of rotatable bonds is 10. The molecule has 5 heteroatoms. The molecular weight excluding hydrogens is 364 g/mol. The van der Waals surface area contributed by atoms with Crippen molar-refractivity contribution >= 4 is 33.7 Å². The predicted molar refractivity (Wildman–Crippen MR) is 116 cm³/mol. The van der Waals surface area contributed by atoms with E-state index in [0.717, 1.165) is 41.1 Å². The molecule has 5 nitrogen and oxygen atoms in total. The molecule has 3 aromatic rings. The normalized spacial score (nSPS) is 12.2. The molecule has 1 amide bonds. The minimum atomic E-state index is -0.991. The van der Waals surface area contributed by atoms with Gasteiger partial charge in [-0.1, -0.05) is 81.8 Å². The second-order valence-electron chi connectivity index (χ2n) is 7.44. The molecule has 1 atom stereocenters. The molecule has 0 fully saturated rings. The minimum Gasteiger partial charge on any atom is -0.480 e. The molecule has 0 saturated carbocycles. The van der Waals surface area contributed by atoms with Crippen LogP contribution in [0.3, 0.4) is 0 Å². The van der Waals surface area contributed by atoms with Gasteiger partial charge in [0.25, 0.3) is 5.91 Å². The largest absolute Gasteiger partial charge is 0.480 e. The van der Waals surface area contributed by atoms with E-state index in [2.05, 4.69) is 17.2 Å². The van der Waals surface area contributed by atoms with Gasteiger partial charge in [0.05, 0.1) is 16.6 Å². The number of carbonyl (C=O) groups excluding carboxylic acids is 1. The van der Waals surface area contributed by atoms with E-state index in [0.29, 0.717) is 12.0 Å². The zero-order valence-corrected chi connectivity index (χ0v) is 16.9. The first kappa shape index (κ1) is 20.8. The highest BCUT2D eigenvalue weighted by atomic mass is 16.4. The van der Waals surface area contributed by atoms with Crippen molar-refractivity contribution in [3.05, 3.63) is 54.1 Å². The van der Waals surface area contributed by atoms with Crippen LogP contribution in [0.4, 0.5) is 0 Å². The summed E-state index contributed by atoms with van der Waals surface area (Å²) in [6.45, 7) is 2.17. The van der Waals surface area contributed by atoms with Crippen molar-refractivity contribution in [2.45, 2.75) is 57.9 Å². The van der Waals surface area contributed by atoms with Gasteiger partial charge in [-0.05, 0) is 18.6 Å². The number of nitrogens with one attached hydrogen (secondary N) is 1. The van der Waals surface area contributed by atoms with Crippen LogP contribution in [0, 0.1) is 0 Å². The van der Waals surface area contributed by atoms with E-state index in [4.69, 9.17) is 0 Å². The second kappa shape index (κ2) is 10.0. The molecule has 1 heterocycles. The van der Waals surface area contributed by atoms with Crippen LogP contribution in [0.2, 0.25) is 0 Å². The Bertz CT molecular complexity index is 946. The van der Waals surface area contributed by atoms with Gasteiger partial charge in [-0.2, -0.15) is 0 Å². The average molecular weight is 392 g/mol. The summed E-state index contributed by atoms with van der Waals surface area (Å²) in [7, 11) is 0. The van der Waals surface area contributed by atoms with Crippen molar-refractivity contribution in [2.75, 3.05) is 0 Å². The molecule has 2 aromatic carbocycles. The number of amides is 1. The summed E-state index contributed by atoms with van der Waals surface area (Å²) in [6.07, 6.45) is 6.89. The first-order valence-corrected chi connectivity index (χ1v) is 10.4. The number of fused-ring (bicyclic) bond motifs is 2. The summed E-state index contributed by atoms with van der Waals surface area (Å²) in [5, 5.41) is 13.8. The topological polar surface area (TPSA) is 79.3 Å². The number of carboxylic acid groups (broad SMARTS) is 1. The van der Waals surface area contributed by atoms with Crippen LogP contribution in [0.25, 0.3) is 21.8 Å². The molecule has 29 heavy (non-hydrogen) atoms. The number of aliphatic carboxylic acids is 1. The Morgan fingerprint density at radius 3 is 2.03 bits per heavy atom. The smallest absolute Gasteiger partial charge is 0.326 e. The average Bonchev–Trinajstić information content (AvgIpc) is 2.73. The highest BCUT2D eigenvalue weighted by Gasteiger charge is 2.23. The van der Waals surface area contributed by atoms with Crippen molar-refractivity contribution in [1.29, 1.82) is 0 Å². The number of carbonyl (C=O) groups is 2. The molecule has 3 rings (SSSR count). The minimum absolute atomic E-state index is 0.363. The number of para-hydroxylation sites is 2. The van der Waals surface area contributed by atoms with Gasteiger partial charge in [0, 0.05) is 10.8 Å². The first-order valence-electron chi connectivity index (χ1n) is 10.4. The highest BCUT2D eigenvalue weighted by Crippen LogP contribution is 2.26. The van der Waals surface area contributed by atoms with Crippen molar-refractivity contribution in [3.8, 4) is 0 Å². The molecule has 0 bridgehead atoms. The van der Waals surface area contributed by atoms with E-state index in [1.54, 1.807) is 0 Å². The number of benzene rings is 2. The molecule has 0 spiro atoms. The Morgan fingerprint density at radius 2 is 1.45 bits per heavy atom. The maximum Gasteiger partial charge on any atom is 0.326 e. The number of hydrogen-bond donors (Lipinski definition) is 2. The van der Waals surface area contributed by atoms with Gasteiger partial charge in [0.15, 0.2) is 0 Å². The molecule has 0 aliphatic rings. The third-order valence-electron chi connectivity index (χ3n) is 5.26. The van der Waals surface area contributed by atoms with Crippen molar-refractivity contribution in [1.82, 2.24) is 10.3 Å². The summed E-state index contributed by atoms with van der Waals surface area (Å²) in [5.74, 6) is -1.35. The molecule has 0 saturated heterocycles. The summed E-state index contributed by atoms with van der Waals surface area (Å²) in [4.78, 5) is 29.5. The fraction of sp³-hybridized carbons (Fsp3) is 0.375. The molecule has 0 unspecified atom stereocenters. The van der Waals surface area contributed by atoms with Crippen LogP contribution in [0.5, 0.6) is 0 Å². The summed E-state index contributed by atoms with van der Waals surface area (Å²) >= 11 is 0. The first-order chi connectivity index (χ1) is 14.1. The third-order valence-corrected chi connectivity index (χ3v) is 5.26. The molecule has 0 aliphatic carbocycles. The van der Waals surface area contributed by atoms with Crippen LogP contribution >= 0.6 is 0 Å². The van der Waals surface area contributed by atoms with Crippen LogP contribution in [0.15, 0.2) is 48.5 Å². The number of aromatic nitrogens is 1. The van der Waals surface area contributed by atoms with Gasteiger partial charge >= 0.3 is 5.97 Å². The van der Waals surface area contributed by atoms with Gasteiger partial charge in [-0.3, -0.25) is 4.79 Å². The fourth-order valence-corrected chi connectivity index (χ4v) is 3.70. The Morgan fingerprint density at radius 1 is 0.897 bits per heavy atom. The lowest BCUT2D eigenvalue weighted by molar-refractivity contribution is -0.139. The second-order valence-corrected chi connectivity index (χ2v) is 7.44. The van der Waals surface area contributed by atoms with Crippen LogP contribution in [-0.4, -0.2) is 28.0 Å². The SMILES string of the molecule is CCCCCCCC[C@@H](NC(=O)c1c2ccccc2nc2ccccc12)C(=O)O. The van der Waals surface area contributed by atoms with Gasteiger partial charge in [0.2, 0.25) is 0 Å². The number of pyridine rings is 1. The zero-order chi connectivity index (χ0) is 20.6. The molecule has 0 radical (unpaired) electrons. The quantitative estimate of drug-likeness (QED) is 0.361. The molecule has 1 aromatic heterocycles. The molecular formula is C24H28N2O3. The molecule has 2 N–H and O–H groups in total. The lowest BCUT2D eigenvalue weighted by atomic mass is 10.0. The maximum atomic E-state index is 13.2. The van der Waals surface area contributed by atoms with Gasteiger partial charge in [-0.15, -0.1) is 0 Å². The van der Waals surface area contributed by atoms with Crippen molar-refractivity contribution in [2.24, 2.45) is 0 Å². The number of carboxylic acids is 1. The number of nitrogens with zero attached hydrogens (tertiary/aromatic N) is 1. The maximum absolute atomic E-state index is 13.2. The van der Waals surface area contributed by atoms with Crippen LogP contribution in [-0.2, 0) is 4.79 Å². The van der Waals surface area contributed by atoms with E-state index < -0.39 is 12.0 Å². The lowest BCUT2D eigenvalue weighted by Crippen LogP contribution is -2.40. The molecule has 152 valence electrons. The molecule has 0 aliphatic heterocycles. The highest BCUT2D eigenvalue weighted by molar-refractivity contribution is 6.16. The van der Waals surface area contributed by atoms with Crippen molar-refractivity contribution in [3.63, 3.8) is 0 Å². The van der Waals surface area contributed by atoms with E-state index in [-0.39, 0.29) is 5.91 Å². The monoisotopic (exact) mass is 392 g/mol. The van der Waals surface area contributed by atoms with Crippen LogP contribution < -0.4 is 5.32 Å². The summed E-state index contributed by atoms with van der Waals surface area (Å²) < 4.78 is 0. The van der Waals surface area contributed by atoms with E-state index in [9.17, 15) is 14.7 Å². The summed E-state index contributed by atoms with van der Waals surface area (Å²) in [5.41, 5.74) is 1.93. The Labute approximate surface area is 171 Å². The standard InChI is InChI=1S/C24H28N2O3/c1-2-3-4-5-6-7-16-21(24(28)29)26-23(27)22-17-12-8-10-14-19(17)25-20-15-11-9-13-18(20)22/h8-15,21H,2-7,16H2,1H3,(H,26,27)(H,28,29)/t21-/m1/s1. The Balaban J connectivity index is 1.81. The van der Waals surface area contributed by atoms with Crippen LogP contribution in [0.1, 0.15) is 62.2 Å². The Hall–Kier alpha value is -2.95. The lowest BCUT2D eigenvalue weighted by Gasteiger charge is -2.16. The Kier molecular flexibility index (Phi) is 7.17. The third kappa shape index (κ3) is 5.11. The van der Waals surface area contributed by atoms with E-state index in [1.807, 2.05) is 48.5 Å². The van der Waals surface area contributed by atoms with E-state index >= 15 is 0 Å². The number of unbranched alkanes of at least 4 members (excludes halogenated alkanes) is 5. The number of hydrogen-bond acceptors (Lipinski definition) is 3.